The summed E-state index contributed by atoms with van der Waals surface area (Å²) in [7, 11) is 0. The van der Waals surface area contributed by atoms with E-state index in [-0.39, 0.29) is 0 Å². The summed E-state index contributed by atoms with van der Waals surface area (Å²) in [5.41, 5.74) is 2.19. The van der Waals surface area contributed by atoms with E-state index < -0.39 is 0 Å². The molecule has 1 aromatic rings. The minimum absolute atomic E-state index is 0.379. The van der Waals surface area contributed by atoms with E-state index in [0.717, 1.165) is 18.4 Å². The number of hydrogen-bond donors (Lipinski definition) is 1. The standard InChI is InChI=1S/C12H12O/c13-12-9-5-4-8-11(12)10-6-2-1-3-7-10/h1-2,4-6,8-9,13H,3,7H2. The van der Waals surface area contributed by atoms with Gasteiger partial charge in [0.05, 0.1) is 0 Å². The van der Waals surface area contributed by atoms with Crippen LogP contribution in [-0.2, 0) is 0 Å². The van der Waals surface area contributed by atoms with Crippen molar-refractivity contribution in [1.82, 2.24) is 0 Å². The van der Waals surface area contributed by atoms with Gasteiger partial charge in [-0.1, -0.05) is 36.4 Å². The van der Waals surface area contributed by atoms with Crippen LogP contribution < -0.4 is 0 Å². The SMILES string of the molecule is Oc1ccccc1C1=CC=CCC1. The molecule has 1 heteroatoms. The van der Waals surface area contributed by atoms with Crippen molar-refractivity contribution in [3.8, 4) is 5.75 Å². The topological polar surface area (TPSA) is 20.2 Å². The zero-order valence-corrected chi connectivity index (χ0v) is 7.40. The van der Waals surface area contributed by atoms with Crippen molar-refractivity contribution >= 4 is 5.57 Å². The number of phenols is 1. The summed E-state index contributed by atoms with van der Waals surface area (Å²) in [6.45, 7) is 0. The number of rotatable bonds is 1. The van der Waals surface area contributed by atoms with Gasteiger partial charge in [-0.05, 0) is 24.5 Å². The highest BCUT2D eigenvalue weighted by Gasteiger charge is 2.06. The number of phenolic OH excluding ortho intramolecular Hbond substituents is 1. The number of allylic oxidation sites excluding steroid dienone is 4. The lowest BCUT2D eigenvalue weighted by molar-refractivity contribution is 0.473. The van der Waals surface area contributed by atoms with Crippen LogP contribution in [0.2, 0.25) is 0 Å². The third-order valence-corrected chi connectivity index (χ3v) is 2.26. The highest BCUT2D eigenvalue weighted by atomic mass is 16.3. The van der Waals surface area contributed by atoms with Gasteiger partial charge in [0.2, 0.25) is 0 Å². The maximum Gasteiger partial charge on any atom is 0.123 e. The third kappa shape index (κ3) is 1.64. The van der Waals surface area contributed by atoms with Crippen molar-refractivity contribution < 1.29 is 5.11 Å². The van der Waals surface area contributed by atoms with E-state index in [1.807, 2.05) is 24.3 Å². The molecule has 0 aromatic heterocycles. The van der Waals surface area contributed by atoms with Gasteiger partial charge in [-0.25, -0.2) is 0 Å². The fraction of sp³-hybridized carbons (Fsp3) is 0.167. The summed E-state index contributed by atoms with van der Waals surface area (Å²) in [6, 6.07) is 7.49. The fourth-order valence-electron chi connectivity index (χ4n) is 1.57. The summed E-state index contributed by atoms with van der Waals surface area (Å²) in [5.74, 6) is 0.379. The van der Waals surface area contributed by atoms with E-state index in [1.54, 1.807) is 6.07 Å². The monoisotopic (exact) mass is 172 g/mol. The zero-order chi connectivity index (χ0) is 9.10. The molecule has 1 aliphatic carbocycles. The Balaban J connectivity index is 2.40. The smallest absolute Gasteiger partial charge is 0.123 e. The maximum atomic E-state index is 9.60. The molecular formula is C12H12O. The summed E-state index contributed by atoms with van der Waals surface area (Å²) < 4.78 is 0. The second-order valence-corrected chi connectivity index (χ2v) is 3.18. The minimum Gasteiger partial charge on any atom is -0.507 e. The van der Waals surface area contributed by atoms with Crippen molar-refractivity contribution in [3.63, 3.8) is 0 Å². The Morgan fingerprint density at radius 3 is 2.69 bits per heavy atom. The highest BCUT2D eigenvalue weighted by Crippen LogP contribution is 2.29. The van der Waals surface area contributed by atoms with Gasteiger partial charge in [0.15, 0.2) is 0 Å². The largest absolute Gasteiger partial charge is 0.507 e. The molecule has 0 radical (unpaired) electrons. The quantitative estimate of drug-likeness (QED) is 0.690. The minimum atomic E-state index is 0.379. The molecule has 1 aromatic carbocycles. The number of aromatic hydroxyl groups is 1. The van der Waals surface area contributed by atoms with Gasteiger partial charge in [-0.2, -0.15) is 0 Å². The van der Waals surface area contributed by atoms with Crippen LogP contribution in [0.25, 0.3) is 5.57 Å². The first kappa shape index (κ1) is 8.11. The zero-order valence-electron chi connectivity index (χ0n) is 7.40. The van der Waals surface area contributed by atoms with Gasteiger partial charge in [-0.15, -0.1) is 0 Å². The van der Waals surface area contributed by atoms with Gasteiger partial charge >= 0.3 is 0 Å². The van der Waals surface area contributed by atoms with E-state index in [2.05, 4.69) is 12.2 Å². The van der Waals surface area contributed by atoms with Crippen molar-refractivity contribution in [3.05, 3.63) is 48.1 Å². The summed E-state index contributed by atoms with van der Waals surface area (Å²) in [6.07, 6.45) is 8.35. The van der Waals surface area contributed by atoms with Crippen LogP contribution in [0.3, 0.4) is 0 Å². The molecule has 2 rings (SSSR count). The Kier molecular flexibility index (Phi) is 2.17. The van der Waals surface area contributed by atoms with Gasteiger partial charge in [0.1, 0.15) is 5.75 Å². The number of benzene rings is 1. The van der Waals surface area contributed by atoms with Crippen LogP contribution in [0.5, 0.6) is 5.75 Å². The lowest BCUT2D eigenvalue weighted by Crippen LogP contribution is -1.87. The van der Waals surface area contributed by atoms with Gasteiger partial charge in [0, 0.05) is 5.56 Å². The Morgan fingerprint density at radius 2 is 2.00 bits per heavy atom. The van der Waals surface area contributed by atoms with Crippen molar-refractivity contribution in [1.29, 1.82) is 0 Å². The van der Waals surface area contributed by atoms with Crippen molar-refractivity contribution in [2.45, 2.75) is 12.8 Å². The predicted molar refractivity (Wildman–Crippen MR) is 54.5 cm³/mol. The number of hydrogen-bond acceptors (Lipinski definition) is 1. The highest BCUT2D eigenvalue weighted by molar-refractivity contribution is 5.72. The molecule has 0 bridgehead atoms. The van der Waals surface area contributed by atoms with Crippen LogP contribution in [0, 0.1) is 0 Å². The second-order valence-electron chi connectivity index (χ2n) is 3.18. The first-order valence-corrected chi connectivity index (χ1v) is 4.52. The Bertz CT molecular complexity index is 361. The molecule has 0 unspecified atom stereocenters. The molecule has 0 saturated heterocycles. The van der Waals surface area contributed by atoms with E-state index in [1.165, 1.54) is 5.57 Å². The molecule has 0 heterocycles. The third-order valence-electron chi connectivity index (χ3n) is 2.26. The molecule has 13 heavy (non-hydrogen) atoms. The predicted octanol–water partition coefficient (Wildman–Crippen LogP) is 3.13. The van der Waals surface area contributed by atoms with E-state index >= 15 is 0 Å². The Labute approximate surface area is 78.0 Å². The van der Waals surface area contributed by atoms with Crippen molar-refractivity contribution in [2.24, 2.45) is 0 Å². The Hall–Kier alpha value is -1.50. The van der Waals surface area contributed by atoms with Crippen LogP contribution in [0.15, 0.2) is 42.5 Å². The van der Waals surface area contributed by atoms with E-state index in [4.69, 9.17) is 0 Å². The van der Waals surface area contributed by atoms with Gasteiger partial charge < -0.3 is 5.11 Å². The van der Waals surface area contributed by atoms with Gasteiger partial charge in [0.25, 0.3) is 0 Å². The van der Waals surface area contributed by atoms with Crippen molar-refractivity contribution in [2.75, 3.05) is 0 Å². The first-order chi connectivity index (χ1) is 6.38. The number of para-hydroxylation sites is 1. The normalized spacial score (nSPS) is 15.5. The second kappa shape index (κ2) is 3.48. The molecule has 0 spiro atoms. The van der Waals surface area contributed by atoms with Crippen LogP contribution in [0.4, 0.5) is 0 Å². The average molecular weight is 172 g/mol. The summed E-state index contributed by atoms with van der Waals surface area (Å²) in [5, 5.41) is 9.60. The fourth-order valence-corrected chi connectivity index (χ4v) is 1.57. The molecule has 0 amide bonds. The molecule has 1 nitrogen and oxygen atoms in total. The lowest BCUT2D eigenvalue weighted by Gasteiger charge is -2.10. The molecule has 66 valence electrons. The van der Waals surface area contributed by atoms with Gasteiger partial charge in [-0.3, -0.25) is 0 Å². The van der Waals surface area contributed by atoms with E-state index in [9.17, 15) is 5.11 Å². The van der Waals surface area contributed by atoms with Crippen LogP contribution in [0.1, 0.15) is 18.4 Å². The first-order valence-electron chi connectivity index (χ1n) is 4.52. The van der Waals surface area contributed by atoms with E-state index in [0.29, 0.717) is 5.75 Å². The molecular weight excluding hydrogens is 160 g/mol. The van der Waals surface area contributed by atoms with Crippen LogP contribution in [-0.4, -0.2) is 5.11 Å². The van der Waals surface area contributed by atoms with Crippen LogP contribution >= 0.6 is 0 Å². The summed E-state index contributed by atoms with van der Waals surface area (Å²) in [4.78, 5) is 0. The molecule has 0 atom stereocenters. The lowest BCUT2D eigenvalue weighted by atomic mass is 9.97. The molecule has 0 fully saturated rings. The summed E-state index contributed by atoms with van der Waals surface area (Å²) >= 11 is 0. The Morgan fingerprint density at radius 1 is 1.15 bits per heavy atom. The molecule has 0 aliphatic heterocycles. The maximum absolute atomic E-state index is 9.60. The molecule has 1 aliphatic rings. The molecule has 0 saturated carbocycles. The molecule has 1 N–H and O–H groups in total. The average Bonchev–Trinajstić information content (AvgIpc) is 2.20.